The van der Waals surface area contributed by atoms with Gasteiger partial charge in [0.2, 0.25) is 0 Å². The first-order valence-electron chi connectivity index (χ1n) is 3.62. The third-order valence-corrected chi connectivity index (χ3v) is 1.45. The zero-order valence-corrected chi connectivity index (χ0v) is 7.11. The minimum Gasteiger partial charge on any atom is -0.497 e. The topological polar surface area (TPSA) is 9.23 Å². The molecule has 0 aromatic carbocycles. The van der Waals surface area contributed by atoms with Crippen LogP contribution in [0, 0.1) is 0 Å². The summed E-state index contributed by atoms with van der Waals surface area (Å²) in [4.78, 5) is 0. The molecule has 0 aromatic heterocycles. The van der Waals surface area contributed by atoms with Gasteiger partial charge in [0.15, 0.2) is 0 Å². The fourth-order valence-corrected chi connectivity index (χ4v) is 0.930. The largest absolute Gasteiger partial charge is 0.497 e. The van der Waals surface area contributed by atoms with Crippen molar-refractivity contribution in [2.45, 2.75) is 26.7 Å². The number of hydrogen-bond acceptors (Lipinski definition) is 1. The van der Waals surface area contributed by atoms with Gasteiger partial charge in [-0.05, 0) is 25.0 Å². The van der Waals surface area contributed by atoms with Crippen LogP contribution < -0.4 is 0 Å². The Hall–Kier alpha value is -0.720. The van der Waals surface area contributed by atoms with Crippen LogP contribution in [0.15, 0.2) is 24.0 Å². The molecule has 0 rings (SSSR count). The fraction of sp³-hybridized carbons (Fsp3) is 0.556. The molecule has 0 radical (unpaired) electrons. The predicted molar refractivity (Wildman–Crippen MR) is 44.8 cm³/mol. The third-order valence-electron chi connectivity index (χ3n) is 1.45. The van der Waals surface area contributed by atoms with Crippen molar-refractivity contribution in [1.29, 1.82) is 0 Å². The Labute approximate surface area is 63.4 Å². The molecule has 0 N–H and O–H groups in total. The fourth-order valence-electron chi connectivity index (χ4n) is 0.930. The van der Waals surface area contributed by atoms with Crippen LogP contribution >= 0.6 is 0 Å². The van der Waals surface area contributed by atoms with E-state index in [-0.39, 0.29) is 0 Å². The zero-order chi connectivity index (χ0) is 7.98. The lowest BCUT2D eigenvalue weighted by Crippen LogP contribution is -1.87. The van der Waals surface area contributed by atoms with Crippen LogP contribution in [0.3, 0.4) is 0 Å². The number of rotatable bonds is 4. The van der Waals surface area contributed by atoms with Crippen molar-refractivity contribution in [3.8, 4) is 0 Å². The number of ether oxygens (including phenoxy) is 1. The van der Waals surface area contributed by atoms with E-state index in [0.29, 0.717) is 0 Å². The van der Waals surface area contributed by atoms with Crippen molar-refractivity contribution in [3.05, 3.63) is 24.0 Å². The van der Waals surface area contributed by atoms with Crippen LogP contribution in [0.2, 0.25) is 0 Å². The Kier molecular flexibility index (Phi) is 4.73. The lowest BCUT2D eigenvalue weighted by atomic mass is 10.1. The molecule has 0 aliphatic rings. The molecule has 0 heterocycles. The van der Waals surface area contributed by atoms with Crippen LogP contribution in [0.25, 0.3) is 0 Å². The average molecular weight is 140 g/mol. The minimum atomic E-state index is 0.918. The monoisotopic (exact) mass is 140 g/mol. The summed E-state index contributed by atoms with van der Waals surface area (Å²) in [5, 5.41) is 0. The predicted octanol–water partition coefficient (Wildman–Crippen LogP) is 2.89. The first-order chi connectivity index (χ1) is 4.76. The second kappa shape index (κ2) is 5.10. The molecule has 0 aromatic rings. The van der Waals surface area contributed by atoms with Gasteiger partial charge in [-0.1, -0.05) is 19.9 Å². The number of allylic oxidation sites excluding steroid dienone is 2. The SMILES string of the molecule is C=C/C(OC)=C(\C)CCC. The van der Waals surface area contributed by atoms with Gasteiger partial charge in [-0.15, -0.1) is 0 Å². The van der Waals surface area contributed by atoms with Gasteiger partial charge in [0, 0.05) is 0 Å². The average Bonchev–Trinajstić information content (AvgIpc) is 1.91. The summed E-state index contributed by atoms with van der Waals surface area (Å²) in [5.74, 6) is 0.918. The van der Waals surface area contributed by atoms with E-state index in [4.69, 9.17) is 4.74 Å². The maximum atomic E-state index is 5.08. The zero-order valence-electron chi connectivity index (χ0n) is 7.11. The molecule has 0 atom stereocenters. The summed E-state index contributed by atoms with van der Waals surface area (Å²) in [6.07, 6.45) is 4.01. The molecule has 0 amide bonds. The van der Waals surface area contributed by atoms with Gasteiger partial charge in [0.25, 0.3) is 0 Å². The molecule has 0 aliphatic heterocycles. The summed E-state index contributed by atoms with van der Waals surface area (Å²) < 4.78 is 5.08. The van der Waals surface area contributed by atoms with Crippen LogP contribution in [0.1, 0.15) is 26.7 Å². The first kappa shape index (κ1) is 9.28. The molecule has 0 bridgehead atoms. The summed E-state index contributed by atoms with van der Waals surface area (Å²) in [5.41, 5.74) is 1.28. The van der Waals surface area contributed by atoms with E-state index in [0.717, 1.165) is 18.6 Å². The quantitative estimate of drug-likeness (QED) is 0.431. The summed E-state index contributed by atoms with van der Waals surface area (Å²) in [6, 6.07) is 0. The molecule has 0 unspecified atom stereocenters. The maximum absolute atomic E-state index is 5.08. The van der Waals surface area contributed by atoms with Crippen molar-refractivity contribution >= 4 is 0 Å². The summed E-state index contributed by atoms with van der Waals surface area (Å²) >= 11 is 0. The van der Waals surface area contributed by atoms with Crippen molar-refractivity contribution < 1.29 is 4.74 Å². The molecule has 0 saturated carbocycles. The van der Waals surface area contributed by atoms with E-state index in [9.17, 15) is 0 Å². The van der Waals surface area contributed by atoms with E-state index in [1.165, 1.54) is 5.57 Å². The summed E-state index contributed by atoms with van der Waals surface area (Å²) in [6.45, 7) is 7.88. The van der Waals surface area contributed by atoms with Gasteiger partial charge in [-0.3, -0.25) is 0 Å². The summed E-state index contributed by atoms with van der Waals surface area (Å²) in [7, 11) is 1.68. The van der Waals surface area contributed by atoms with Crippen LogP contribution in [0.5, 0.6) is 0 Å². The van der Waals surface area contributed by atoms with Gasteiger partial charge in [-0.2, -0.15) is 0 Å². The van der Waals surface area contributed by atoms with Crippen LogP contribution in [-0.2, 0) is 4.74 Å². The third kappa shape index (κ3) is 2.72. The van der Waals surface area contributed by atoms with E-state index in [1.54, 1.807) is 13.2 Å². The lowest BCUT2D eigenvalue weighted by Gasteiger charge is -2.04. The molecule has 0 fully saturated rings. The highest BCUT2D eigenvalue weighted by molar-refractivity contribution is 5.16. The normalized spacial score (nSPS) is 12.3. The smallest absolute Gasteiger partial charge is 0.117 e. The lowest BCUT2D eigenvalue weighted by molar-refractivity contribution is 0.301. The highest BCUT2D eigenvalue weighted by atomic mass is 16.5. The first-order valence-corrected chi connectivity index (χ1v) is 3.62. The Morgan fingerprint density at radius 3 is 2.50 bits per heavy atom. The Morgan fingerprint density at radius 1 is 1.60 bits per heavy atom. The van der Waals surface area contributed by atoms with Crippen molar-refractivity contribution in [2.75, 3.05) is 7.11 Å². The molecular weight excluding hydrogens is 124 g/mol. The standard InChI is InChI=1S/C9H16O/c1-5-7-8(3)9(6-2)10-4/h6H,2,5,7H2,1,3-4H3/b9-8-. The van der Waals surface area contributed by atoms with Crippen molar-refractivity contribution in [2.24, 2.45) is 0 Å². The molecule has 0 aliphatic carbocycles. The van der Waals surface area contributed by atoms with E-state index >= 15 is 0 Å². The van der Waals surface area contributed by atoms with Gasteiger partial charge in [0.1, 0.15) is 5.76 Å². The second-order valence-corrected chi connectivity index (χ2v) is 2.30. The highest BCUT2D eigenvalue weighted by Crippen LogP contribution is 2.11. The molecule has 0 saturated heterocycles. The molecule has 10 heavy (non-hydrogen) atoms. The molecule has 1 nitrogen and oxygen atoms in total. The molecule has 58 valence electrons. The number of hydrogen-bond donors (Lipinski definition) is 0. The maximum Gasteiger partial charge on any atom is 0.117 e. The van der Waals surface area contributed by atoms with E-state index < -0.39 is 0 Å². The van der Waals surface area contributed by atoms with Crippen LogP contribution in [-0.4, -0.2) is 7.11 Å². The Morgan fingerprint density at radius 2 is 2.20 bits per heavy atom. The molecule has 0 spiro atoms. The van der Waals surface area contributed by atoms with Gasteiger partial charge < -0.3 is 4.74 Å². The van der Waals surface area contributed by atoms with Gasteiger partial charge >= 0.3 is 0 Å². The van der Waals surface area contributed by atoms with Gasteiger partial charge in [0.05, 0.1) is 7.11 Å². The minimum absolute atomic E-state index is 0.918. The highest BCUT2D eigenvalue weighted by Gasteiger charge is 1.95. The number of methoxy groups -OCH3 is 1. The van der Waals surface area contributed by atoms with Crippen molar-refractivity contribution in [1.82, 2.24) is 0 Å². The molecular formula is C9H16O. The van der Waals surface area contributed by atoms with E-state index in [2.05, 4.69) is 20.4 Å². The molecule has 1 heteroatoms. The van der Waals surface area contributed by atoms with E-state index in [1.807, 2.05) is 0 Å². The second-order valence-electron chi connectivity index (χ2n) is 2.30. The van der Waals surface area contributed by atoms with Gasteiger partial charge in [-0.25, -0.2) is 0 Å². The van der Waals surface area contributed by atoms with Crippen molar-refractivity contribution in [3.63, 3.8) is 0 Å². The Bertz CT molecular complexity index is 134. The van der Waals surface area contributed by atoms with Crippen LogP contribution in [0.4, 0.5) is 0 Å². The Balaban J connectivity index is 4.12.